The summed E-state index contributed by atoms with van der Waals surface area (Å²) in [5, 5.41) is 0. The normalized spacial score (nSPS) is 17.9. The third kappa shape index (κ3) is 4.20. The predicted molar refractivity (Wildman–Crippen MR) is 67.7 cm³/mol. The van der Waals surface area contributed by atoms with Crippen molar-refractivity contribution in [2.24, 2.45) is 5.92 Å². The second-order valence-electron chi connectivity index (χ2n) is 4.17. The number of carbonyl (C=O) groups excluding carboxylic acids is 2. The summed E-state index contributed by atoms with van der Waals surface area (Å²) in [5.41, 5.74) is 1.32. The van der Waals surface area contributed by atoms with E-state index in [1.54, 1.807) is 6.92 Å². The zero-order valence-electron chi connectivity index (χ0n) is 10.8. The maximum Gasteiger partial charge on any atom is 0.333 e. The molecule has 0 fully saturated rings. The Morgan fingerprint density at radius 2 is 2.06 bits per heavy atom. The maximum absolute atomic E-state index is 11.7. The molecule has 4 nitrogen and oxygen atoms in total. The molecule has 0 N–H and O–H groups in total. The molecule has 0 amide bonds. The average Bonchev–Trinajstić information content (AvgIpc) is 2.34. The number of hydrogen-bond donors (Lipinski definition) is 0. The van der Waals surface area contributed by atoms with Gasteiger partial charge in [-0.25, -0.2) is 4.79 Å². The molecule has 18 heavy (non-hydrogen) atoms. The van der Waals surface area contributed by atoms with Crippen LogP contribution in [0.4, 0.5) is 0 Å². The smallest absolute Gasteiger partial charge is 0.333 e. The fourth-order valence-corrected chi connectivity index (χ4v) is 1.50. The lowest BCUT2D eigenvalue weighted by Gasteiger charge is -2.15. The highest BCUT2D eigenvalue weighted by molar-refractivity contribution is 5.86. The topological polar surface area (TPSA) is 52.6 Å². The molecule has 0 aromatic rings. The molecular weight excluding hydrogens is 232 g/mol. The molecule has 98 valence electrons. The lowest BCUT2D eigenvalue weighted by molar-refractivity contribution is -0.151. The first kappa shape index (κ1) is 14.2. The number of allylic oxidation sites excluding steroid dienone is 2. The van der Waals surface area contributed by atoms with Crippen LogP contribution in [0, 0.1) is 5.92 Å². The van der Waals surface area contributed by atoms with Crippen molar-refractivity contribution < 1.29 is 19.1 Å². The zero-order chi connectivity index (χ0) is 13.5. The van der Waals surface area contributed by atoms with Crippen LogP contribution in [0.1, 0.15) is 20.3 Å². The van der Waals surface area contributed by atoms with Gasteiger partial charge in [0.25, 0.3) is 0 Å². The molecule has 1 aliphatic rings. The Bertz CT molecular complexity index is 404. The van der Waals surface area contributed by atoms with Crippen molar-refractivity contribution in [3.8, 4) is 0 Å². The first-order valence-corrected chi connectivity index (χ1v) is 5.85. The monoisotopic (exact) mass is 250 g/mol. The van der Waals surface area contributed by atoms with Crippen molar-refractivity contribution in [1.82, 2.24) is 0 Å². The van der Waals surface area contributed by atoms with E-state index in [1.165, 1.54) is 0 Å². The quantitative estimate of drug-likeness (QED) is 0.325. The van der Waals surface area contributed by atoms with Gasteiger partial charge < -0.3 is 9.47 Å². The van der Waals surface area contributed by atoms with Gasteiger partial charge in [-0.3, -0.25) is 4.79 Å². The summed E-state index contributed by atoms with van der Waals surface area (Å²) in [6.45, 7) is 7.03. The SMILES string of the molecule is C=C(C)C(=O)OCCOC(=O)C1C=CCC=C1C. The van der Waals surface area contributed by atoms with Crippen LogP contribution in [0.5, 0.6) is 0 Å². The van der Waals surface area contributed by atoms with E-state index in [4.69, 9.17) is 9.47 Å². The maximum atomic E-state index is 11.7. The molecule has 0 aliphatic heterocycles. The Morgan fingerprint density at radius 1 is 1.39 bits per heavy atom. The average molecular weight is 250 g/mol. The van der Waals surface area contributed by atoms with Crippen molar-refractivity contribution in [2.45, 2.75) is 20.3 Å². The van der Waals surface area contributed by atoms with Crippen LogP contribution in [0.2, 0.25) is 0 Å². The van der Waals surface area contributed by atoms with E-state index in [1.807, 2.05) is 25.2 Å². The summed E-state index contributed by atoms with van der Waals surface area (Å²) in [6.07, 6.45) is 6.61. The van der Waals surface area contributed by atoms with Crippen molar-refractivity contribution in [2.75, 3.05) is 13.2 Å². The molecule has 0 heterocycles. The van der Waals surface area contributed by atoms with Crippen molar-refractivity contribution in [1.29, 1.82) is 0 Å². The van der Waals surface area contributed by atoms with E-state index in [0.29, 0.717) is 5.57 Å². The van der Waals surface area contributed by atoms with Crippen molar-refractivity contribution in [3.63, 3.8) is 0 Å². The summed E-state index contributed by atoms with van der Waals surface area (Å²) in [4.78, 5) is 22.8. The molecule has 0 saturated heterocycles. The minimum atomic E-state index is -0.473. The van der Waals surface area contributed by atoms with Gasteiger partial charge in [-0.05, 0) is 20.3 Å². The Balaban J connectivity index is 2.27. The molecule has 0 radical (unpaired) electrons. The third-order valence-corrected chi connectivity index (χ3v) is 2.56. The van der Waals surface area contributed by atoms with Gasteiger partial charge in [0.1, 0.15) is 13.2 Å². The molecule has 1 rings (SSSR count). The number of esters is 2. The molecule has 4 heteroatoms. The highest BCUT2D eigenvalue weighted by Gasteiger charge is 2.20. The first-order valence-electron chi connectivity index (χ1n) is 5.85. The van der Waals surface area contributed by atoms with E-state index in [9.17, 15) is 9.59 Å². The summed E-state index contributed by atoms with van der Waals surface area (Å²) in [6, 6.07) is 0. The number of rotatable bonds is 5. The Kier molecular flexibility index (Phi) is 5.36. The second-order valence-corrected chi connectivity index (χ2v) is 4.17. The van der Waals surface area contributed by atoms with Gasteiger partial charge in [0.2, 0.25) is 0 Å². The molecule has 0 aromatic carbocycles. The Morgan fingerprint density at radius 3 is 2.67 bits per heavy atom. The van der Waals surface area contributed by atoms with Crippen LogP contribution in [0.15, 0.2) is 36.0 Å². The van der Waals surface area contributed by atoms with Crippen LogP contribution in [0.25, 0.3) is 0 Å². The van der Waals surface area contributed by atoms with Crippen LogP contribution >= 0.6 is 0 Å². The van der Waals surface area contributed by atoms with Gasteiger partial charge in [0.05, 0.1) is 5.92 Å². The second kappa shape index (κ2) is 6.79. The fourth-order valence-electron chi connectivity index (χ4n) is 1.50. The molecule has 1 unspecified atom stereocenters. The van der Waals surface area contributed by atoms with Crippen molar-refractivity contribution in [3.05, 3.63) is 36.0 Å². The van der Waals surface area contributed by atoms with Gasteiger partial charge in [-0.15, -0.1) is 0 Å². The standard InChI is InChI=1S/C14H18O4/c1-10(2)13(15)17-8-9-18-14(16)12-7-5-4-6-11(12)3/h5-7,12H,1,4,8-9H2,2-3H3. The van der Waals surface area contributed by atoms with Gasteiger partial charge in [0.15, 0.2) is 0 Å². The molecule has 0 spiro atoms. The zero-order valence-corrected chi connectivity index (χ0v) is 10.8. The summed E-state index contributed by atoms with van der Waals surface area (Å²) < 4.78 is 9.86. The van der Waals surface area contributed by atoms with E-state index in [2.05, 4.69) is 6.58 Å². The first-order chi connectivity index (χ1) is 8.52. The van der Waals surface area contributed by atoms with Gasteiger partial charge in [0, 0.05) is 5.57 Å². The van der Waals surface area contributed by atoms with E-state index >= 15 is 0 Å². The van der Waals surface area contributed by atoms with Gasteiger partial charge in [-0.2, -0.15) is 0 Å². The van der Waals surface area contributed by atoms with Gasteiger partial charge >= 0.3 is 11.9 Å². The van der Waals surface area contributed by atoms with Gasteiger partial charge in [-0.1, -0.05) is 30.4 Å². The Hall–Kier alpha value is -1.84. The lowest BCUT2D eigenvalue weighted by Crippen LogP contribution is -2.21. The third-order valence-electron chi connectivity index (χ3n) is 2.56. The van der Waals surface area contributed by atoms with Crippen LogP contribution < -0.4 is 0 Å². The summed E-state index contributed by atoms with van der Waals surface area (Å²) in [5.74, 6) is -1.10. The number of carbonyl (C=O) groups is 2. The molecular formula is C14H18O4. The number of hydrogen-bond acceptors (Lipinski definition) is 4. The fraction of sp³-hybridized carbons (Fsp3) is 0.429. The summed E-state index contributed by atoms with van der Waals surface area (Å²) >= 11 is 0. The lowest BCUT2D eigenvalue weighted by atomic mass is 9.95. The van der Waals surface area contributed by atoms with E-state index in [0.717, 1.165) is 12.0 Å². The van der Waals surface area contributed by atoms with E-state index in [-0.39, 0.29) is 25.1 Å². The highest BCUT2D eigenvalue weighted by atomic mass is 16.6. The van der Waals surface area contributed by atoms with Crippen molar-refractivity contribution >= 4 is 11.9 Å². The molecule has 0 aromatic heterocycles. The predicted octanol–water partition coefficient (Wildman–Crippen LogP) is 2.17. The van der Waals surface area contributed by atoms with Crippen LogP contribution in [-0.2, 0) is 19.1 Å². The molecule has 1 aliphatic carbocycles. The Labute approximate surface area is 107 Å². The minimum absolute atomic E-state index is 0.0522. The van der Waals surface area contributed by atoms with E-state index < -0.39 is 5.97 Å². The largest absolute Gasteiger partial charge is 0.461 e. The minimum Gasteiger partial charge on any atom is -0.461 e. The van der Waals surface area contributed by atoms with Crippen LogP contribution in [-0.4, -0.2) is 25.2 Å². The highest BCUT2D eigenvalue weighted by Crippen LogP contribution is 2.19. The molecule has 0 bridgehead atoms. The number of ether oxygens (including phenoxy) is 2. The van der Waals surface area contributed by atoms with Crippen LogP contribution in [0.3, 0.4) is 0 Å². The summed E-state index contributed by atoms with van der Waals surface area (Å²) in [7, 11) is 0. The molecule has 1 atom stereocenters. The molecule has 0 saturated carbocycles.